The molecule has 0 saturated carbocycles. The van der Waals surface area contributed by atoms with Crippen LogP contribution >= 0.6 is 11.6 Å². The van der Waals surface area contributed by atoms with Crippen molar-refractivity contribution in [1.29, 1.82) is 0 Å². The number of halogens is 1. The van der Waals surface area contributed by atoms with Crippen molar-refractivity contribution >= 4 is 11.6 Å². The van der Waals surface area contributed by atoms with Crippen molar-refractivity contribution in [3.8, 4) is 5.75 Å². The van der Waals surface area contributed by atoms with E-state index >= 15 is 0 Å². The lowest BCUT2D eigenvalue weighted by molar-refractivity contribution is 0.0298. The molecule has 1 aromatic carbocycles. The molecular formula is C16H24ClNO3. The molecule has 5 heteroatoms. The molecule has 1 N–H and O–H groups in total. The van der Waals surface area contributed by atoms with E-state index < -0.39 is 6.10 Å². The highest BCUT2D eigenvalue weighted by Gasteiger charge is 2.17. The molecule has 1 atom stereocenters. The molecule has 1 saturated heterocycles. The third-order valence-corrected chi connectivity index (χ3v) is 3.85. The summed E-state index contributed by atoms with van der Waals surface area (Å²) in [5.41, 5.74) is 0.782. The highest BCUT2D eigenvalue weighted by Crippen LogP contribution is 2.30. The smallest absolute Gasteiger partial charge is 0.125 e. The van der Waals surface area contributed by atoms with Crippen molar-refractivity contribution in [3.63, 3.8) is 0 Å². The lowest BCUT2D eigenvalue weighted by Gasteiger charge is -2.27. The number of nitrogens with zero attached hydrogens (tertiary/aromatic N) is 1. The van der Waals surface area contributed by atoms with Crippen LogP contribution in [-0.2, 0) is 4.74 Å². The fourth-order valence-corrected chi connectivity index (χ4v) is 2.59. The standard InChI is InChI=1S/C16H24ClNO3/c1-2-9-21-16-4-3-13(17)12-14(16)15(19)5-6-18-7-10-20-11-8-18/h3-4,12,15,19H,2,5-11H2,1H3. The summed E-state index contributed by atoms with van der Waals surface area (Å²) in [4.78, 5) is 2.31. The van der Waals surface area contributed by atoms with Crippen LogP contribution in [0.3, 0.4) is 0 Å². The molecule has 1 fully saturated rings. The highest BCUT2D eigenvalue weighted by atomic mass is 35.5. The van der Waals surface area contributed by atoms with Gasteiger partial charge in [0.2, 0.25) is 0 Å². The average molecular weight is 314 g/mol. The van der Waals surface area contributed by atoms with Crippen molar-refractivity contribution in [2.45, 2.75) is 25.9 Å². The van der Waals surface area contributed by atoms with E-state index in [2.05, 4.69) is 11.8 Å². The van der Waals surface area contributed by atoms with Gasteiger partial charge in [0.1, 0.15) is 5.75 Å². The minimum atomic E-state index is -0.557. The number of rotatable bonds is 7. The number of ether oxygens (including phenoxy) is 2. The maximum absolute atomic E-state index is 10.5. The van der Waals surface area contributed by atoms with Crippen molar-refractivity contribution in [2.24, 2.45) is 0 Å². The van der Waals surface area contributed by atoms with E-state index in [9.17, 15) is 5.11 Å². The van der Waals surface area contributed by atoms with Gasteiger partial charge in [-0.1, -0.05) is 18.5 Å². The Morgan fingerprint density at radius 1 is 1.38 bits per heavy atom. The third-order valence-electron chi connectivity index (χ3n) is 3.61. The number of hydrogen-bond donors (Lipinski definition) is 1. The fourth-order valence-electron chi connectivity index (χ4n) is 2.41. The van der Waals surface area contributed by atoms with Crippen LogP contribution in [0.5, 0.6) is 5.75 Å². The first kappa shape index (κ1) is 16.6. The first-order valence-corrected chi connectivity index (χ1v) is 7.99. The van der Waals surface area contributed by atoms with Gasteiger partial charge in [-0.15, -0.1) is 0 Å². The second-order valence-electron chi connectivity index (χ2n) is 5.29. The Labute approximate surface area is 131 Å². The van der Waals surface area contributed by atoms with Gasteiger partial charge in [-0.25, -0.2) is 0 Å². The van der Waals surface area contributed by atoms with E-state index in [0.717, 1.165) is 50.6 Å². The molecule has 0 spiro atoms. The maximum atomic E-state index is 10.5. The van der Waals surface area contributed by atoms with Crippen LogP contribution in [0.1, 0.15) is 31.4 Å². The summed E-state index contributed by atoms with van der Waals surface area (Å²) >= 11 is 6.05. The van der Waals surface area contributed by atoms with Gasteiger partial charge in [0.15, 0.2) is 0 Å². The molecule has 1 heterocycles. The summed E-state index contributed by atoms with van der Waals surface area (Å²) in [6.07, 6.45) is 1.05. The molecule has 0 radical (unpaired) electrons. The van der Waals surface area contributed by atoms with Crippen LogP contribution in [0.25, 0.3) is 0 Å². The fraction of sp³-hybridized carbons (Fsp3) is 0.625. The van der Waals surface area contributed by atoms with Crippen molar-refractivity contribution in [2.75, 3.05) is 39.5 Å². The normalized spacial score (nSPS) is 17.7. The van der Waals surface area contributed by atoms with E-state index in [1.54, 1.807) is 12.1 Å². The van der Waals surface area contributed by atoms with Gasteiger partial charge in [-0.3, -0.25) is 4.90 Å². The molecule has 0 amide bonds. The predicted octanol–water partition coefficient (Wildman–Crippen LogP) is 2.88. The zero-order chi connectivity index (χ0) is 15.1. The molecule has 4 nitrogen and oxygen atoms in total. The monoisotopic (exact) mass is 313 g/mol. The molecule has 21 heavy (non-hydrogen) atoms. The maximum Gasteiger partial charge on any atom is 0.125 e. The summed E-state index contributed by atoms with van der Waals surface area (Å²) in [6, 6.07) is 5.44. The Hall–Kier alpha value is -0.810. The number of aliphatic hydroxyl groups excluding tert-OH is 1. The Balaban J connectivity index is 1.95. The third kappa shape index (κ3) is 5.15. The molecule has 2 rings (SSSR count). The van der Waals surface area contributed by atoms with Gasteiger partial charge in [-0.2, -0.15) is 0 Å². The molecule has 0 aromatic heterocycles. The molecule has 1 aromatic rings. The van der Waals surface area contributed by atoms with Gasteiger partial charge in [0.05, 0.1) is 25.9 Å². The number of benzene rings is 1. The number of hydrogen-bond acceptors (Lipinski definition) is 4. The van der Waals surface area contributed by atoms with Crippen LogP contribution in [-0.4, -0.2) is 49.5 Å². The molecule has 1 unspecified atom stereocenters. The van der Waals surface area contributed by atoms with Gasteiger partial charge < -0.3 is 14.6 Å². The minimum Gasteiger partial charge on any atom is -0.493 e. The van der Waals surface area contributed by atoms with E-state index in [1.165, 1.54) is 0 Å². The molecule has 0 bridgehead atoms. The summed E-state index contributed by atoms with van der Waals surface area (Å²) in [5.74, 6) is 0.732. The summed E-state index contributed by atoms with van der Waals surface area (Å²) in [6.45, 7) is 6.97. The van der Waals surface area contributed by atoms with E-state index in [0.29, 0.717) is 18.1 Å². The van der Waals surface area contributed by atoms with Gasteiger partial charge >= 0.3 is 0 Å². The van der Waals surface area contributed by atoms with Crippen molar-refractivity contribution < 1.29 is 14.6 Å². The van der Waals surface area contributed by atoms with Crippen LogP contribution in [0.15, 0.2) is 18.2 Å². The zero-order valence-electron chi connectivity index (χ0n) is 12.6. The van der Waals surface area contributed by atoms with Gasteiger partial charge in [0.25, 0.3) is 0 Å². The van der Waals surface area contributed by atoms with Crippen LogP contribution in [0.4, 0.5) is 0 Å². The molecule has 1 aliphatic rings. The summed E-state index contributed by atoms with van der Waals surface area (Å²) < 4.78 is 11.0. The second-order valence-corrected chi connectivity index (χ2v) is 5.73. The Morgan fingerprint density at radius 3 is 2.86 bits per heavy atom. The van der Waals surface area contributed by atoms with Gasteiger partial charge in [0, 0.05) is 30.2 Å². The van der Waals surface area contributed by atoms with Crippen LogP contribution < -0.4 is 4.74 Å². The quantitative estimate of drug-likeness (QED) is 0.840. The van der Waals surface area contributed by atoms with Crippen LogP contribution in [0.2, 0.25) is 5.02 Å². The largest absolute Gasteiger partial charge is 0.493 e. The first-order chi connectivity index (χ1) is 10.2. The number of aliphatic hydroxyl groups is 1. The Bertz CT molecular complexity index is 436. The van der Waals surface area contributed by atoms with Gasteiger partial charge in [-0.05, 0) is 31.0 Å². The predicted molar refractivity (Wildman–Crippen MR) is 84.1 cm³/mol. The first-order valence-electron chi connectivity index (χ1n) is 7.61. The number of morpholine rings is 1. The summed E-state index contributed by atoms with van der Waals surface area (Å²) in [5, 5.41) is 11.1. The van der Waals surface area contributed by atoms with Crippen molar-refractivity contribution in [3.05, 3.63) is 28.8 Å². The Morgan fingerprint density at radius 2 is 2.14 bits per heavy atom. The lowest BCUT2D eigenvalue weighted by Crippen LogP contribution is -2.37. The molecule has 118 valence electrons. The molecule has 1 aliphatic heterocycles. The SMILES string of the molecule is CCCOc1ccc(Cl)cc1C(O)CCN1CCOCC1. The van der Waals surface area contributed by atoms with E-state index in [-0.39, 0.29) is 0 Å². The average Bonchev–Trinajstić information content (AvgIpc) is 2.52. The zero-order valence-corrected chi connectivity index (χ0v) is 13.3. The minimum absolute atomic E-state index is 0.557. The van der Waals surface area contributed by atoms with E-state index in [1.807, 2.05) is 6.07 Å². The highest BCUT2D eigenvalue weighted by molar-refractivity contribution is 6.30. The van der Waals surface area contributed by atoms with Crippen molar-refractivity contribution in [1.82, 2.24) is 4.90 Å². The summed E-state index contributed by atoms with van der Waals surface area (Å²) in [7, 11) is 0. The molecular weight excluding hydrogens is 290 g/mol. The molecule has 0 aliphatic carbocycles. The topological polar surface area (TPSA) is 41.9 Å². The van der Waals surface area contributed by atoms with Crippen LogP contribution in [0, 0.1) is 0 Å². The Kier molecular flexibility index (Phi) is 6.77. The second kappa shape index (κ2) is 8.59. The van der Waals surface area contributed by atoms with E-state index in [4.69, 9.17) is 21.1 Å². The lowest BCUT2D eigenvalue weighted by atomic mass is 10.0.